The summed E-state index contributed by atoms with van der Waals surface area (Å²) in [7, 11) is 3.25. The number of benzene rings is 4. The fraction of sp³-hybridized carbons (Fsp3) is 0.316. The highest BCUT2D eigenvalue weighted by molar-refractivity contribution is 6.31. The average molecular weight is 820 g/mol. The number of alkyl halides is 2. The molecule has 2 amide bonds. The van der Waals surface area contributed by atoms with Crippen LogP contribution in [0.25, 0.3) is 0 Å². The van der Waals surface area contributed by atoms with Gasteiger partial charge in [0.05, 0.1) is 31.9 Å². The van der Waals surface area contributed by atoms with Gasteiger partial charge < -0.3 is 37.6 Å². The lowest BCUT2D eigenvalue weighted by atomic mass is 9.91. The molecule has 2 aliphatic heterocycles. The van der Waals surface area contributed by atoms with Crippen molar-refractivity contribution in [2.24, 2.45) is 0 Å². The zero-order valence-corrected chi connectivity index (χ0v) is 31.8. The highest BCUT2D eigenvalue weighted by Gasteiger charge is 2.30. The molecule has 0 spiro atoms. The van der Waals surface area contributed by atoms with Crippen LogP contribution in [-0.2, 0) is 0 Å². The molecule has 0 bridgehead atoms. The Labute approximate surface area is 330 Å². The first-order valence-electron chi connectivity index (χ1n) is 17.6. The van der Waals surface area contributed by atoms with Gasteiger partial charge in [-0.2, -0.15) is 0 Å². The van der Waals surface area contributed by atoms with E-state index in [9.17, 15) is 37.3 Å². The normalized spacial score (nSPS) is 19.2. The maximum Gasteiger partial charge on any atom is 0.293 e. The molecule has 8 N–H and O–H groups in total. The van der Waals surface area contributed by atoms with Gasteiger partial charge in [-0.1, -0.05) is 23.2 Å². The minimum absolute atomic E-state index is 0.0303. The molecule has 4 unspecified atom stereocenters. The first-order chi connectivity index (χ1) is 26.7. The van der Waals surface area contributed by atoms with Crippen LogP contribution in [0, 0.1) is 21.7 Å². The summed E-state index contributed by atoms with van der Waals surface area (Å²) in [5.41, 5.74) is 9.06. The van der Waals surface area contributed by atoms with E-state index in [2.05, 4.69) is 31.9 Å². The summed E-state index contributed by atoms with van der Waals surface area (Å²) in [6, 6.07) is 12.8. The van der Waals surface area contributed by atoms with Gasteiger partial charge >= 0.3 is 0 Å². The van der Waals surface area contributed by atoms with Crippen LogP contribution in [0.4, 0.5) is 51.7 Å². The van der Waals surface area contributed by atoms with Crippen molar-refractivity contribution in [1.29, 1.82) is 0 Å². The van der Waals surface area contributed by atoms with E-state index in [0.29, 0.717) is 59.7 Å². The van der Waals surface area contributed by atoms with E-state index in [-0.39, 0.29) is 51.6 Å². The third kappa shape index (κ3) is 10.2. The second-order valence-corrected chi connectivity index (χ2v) is 14.0. The van der Waals surface area contributed by atoms with Crippen molar-refractivity contribution in [2.75, 3.05) is 54.2 Å². The van der Waals surface area contributed by atoms with Crippen molar-refractivity contribution in [1.82, 2.24) is 10.6 Å². The highest BCUT2D eigenvalue weighted by atomic mass is 35.5. The van der Waals surface area contributed by atoms with Crippen LogP contribution in [0.1, 0.15) is 69.6 Å². The molecule has 4 atom stereocenters. The third-order valence-electron chi connectivity index (χ3n) is 9.40. The average Bonchev–Trinajstić information content (AvgIpc) is 3.17. The monoisotopic (exact) mass is 818 g/mol. The minimum Gasteiger partial charge on any atom is -0.397 e. The van der Waals surface area contributed by atoms with Crippen molar-refractivity contribution in [2.45, 2.75) is 50.1 Å². The van der Waals surface area contributed by atoms with Crippen LogP contribution in [0.5, 0.6) is 0 Å². The second kappa shape index (κ2) is 18.7. The smallest absolute Gasteiger partial charge is 0.293 e. The number of amides is 2. The van der Waals surface area contributed by atoms with Crippen molar-refractivity contribution in [3.05, 3.63) is 115 Å². The van der Waals surface area contributed by atoms with Gasteiger partial charge in [-0.15, -0.1) is 0 Å². The molecule has 18 heteroatoms. The molecule has 0 radical (unpaired) electrons. The summed E-state index contributed by atoms with van der Waals surface area (Å²) >= 11 is 11.5. The first-order valence-corrected chi connectivity index (χ1v) is 18.3. The SMILES string of the molecule is CNc1cc(C2CC(F)CCN2)c(C(=O)Nc2ccc(F)c(Cl)c2)cc1N.CNc1cc(C2CC(F)CCN2)c(C(=O)Nc2ccc(F)c(Cl)c2)cc1[N+](=O)[O-]. The van der Waals surface area contributed by atoms with E-state index >= 15 is 0 Å². The lowest BCUT2D eigenvalue weighted by molar-refractivity contribution is -0.384. The zero-order chi connectivity index (χ0) is 40.7. The molecule has 2 saturated heterocycles. The summed E-state index contributed by atoms with van der Waals surface area (Å²) in [6.45, 7) is 0.950. The molecule has 6 rings (SSSR count). The molecular formula is C38H40Cl2F4N8O4. The van der Waals surface area contributed by atoms with Crippen LogP contribution < -0.4 is 37.6 Å². The number of hydrogen-bond donors (Lipinski definition) is 7. The van der Waals surface area contributed by atoms with E-state index < -0.39 is 46.8 Å². The zero-order valence-electron chi connectivity index (χ0n) is 30.3. The molecule has 0 aromatic heterocycles. The van der Waals surface area contributed by atoms with Gasteiger partial charge in [-0.05, 0) is 104 Å². The van der Waals surface area contributed by atoms with Gasteiger partial charge in [-0.25, -0.2) is 17.6 Å². The van der Waals surface area contributed by atoms with E-state index in [0.717, 1.165) is 12.1 Å². The Bertz CT molecular complexity index is 2110. The van der Waals surface area contributed by atoms with Gasteiger partial charge in [0, 0.05) is 49.2 Å². The lowest BCUT2D eigenvalue weighted by Crippen LogP contribution is -2.34. The highest BCUT2D eigenvalue weighted by Crippen LogP contribution is 2.36. The number of nitrogens with zero attached hydrogens (tertiary/aromatic N) is 1. The number of carbonyl (C=O) groups excluding carboxylic acids is 2. The van der Waals surface area contributed by atoms with Gasteiger partial charge in [0.15, 0.2) is 0 Å². The van der Waals surface area contributed by atoms with Crippen LogP contribution in [0.2, 0.25) is 10.0 Å². The topological polar surface area (TPSA) is 175 Å². The van der Waals surface area contributed by atoms with Gasteiger partial charge in [0.1, 0.15) is 29.7 Å². The Morgan fingerprint density at radius 2 is 1.20 bits per heavy atom. The van der Waals surface area contributed by atoms with E-state index in [1.54, 1.807) is 19.2 Å². The molecule has 2 fully saturated rings. The molecule has 0 aliphatic carbocycles. The maximum absolute atomic E-state index is 14.0. The largest absolute Gasteiger partial charge is 0.397 e. The summed E-state index contributed by atoms with van der Waals surface area (Å²) < 4.78 is 54.6. The Kier molecular flexibility index (Phi) is 14.0. The summed E-state index contributed by atoms with van der Waals surface area (Å²) in [5, 5.41) is 28.6. The number of piperidine rings is 2. The third-order valence-corrected chi connectivity index (χ3v) is 9.98. The molecule has 12 nitrogen and oxygen atoms in total. The molecule has 4 aromatic rings. The van der Waals surface area contributed by atoms with E-state index in [4.69, 9.17) is 28.9 Å². The van der Waals surface area contributed by atoms with Crippen molar-refractivity contribution >= 4 is 69.1 Å². The Morgan fingerprint density at radius 3 is 1.61 bits per heavy atom. The lowest BCUT2D eigenvalue weighted by Gasteiger charge is -2.28. The molecule has 56 heavy (non-hydrogen) atoms. The predicted octanol–water partition coefficient (Wildman–Crippen LogP) is 8.56. The number of rotatable bonds is 9. The van der Waals surface area contributed by atoms with Gasteiger partial charge in [0.25, 0.3) is 17.5 Å². The van der Waals surface area contributed by atoms with Gasteiger partial charge in [-0.3, -0.25) is 19.7 Å². The fourth-order valence-corrected chi connectivity index (χ4v) is 6.90. The Hall–Kier alpha value is -5.16. The Balaban J connectivity index is 0.000000215. The quantitative estimate of drug-likeness (QED) is 0.0378. The number of nitrogens with two attached hydrogens (primary N) is 1. The van der Waals surface area contributed by atoms with Crippen LogP contribution >= 0.6 is 23.2 Å². The number of nitro benzene ring substituents is 1. The summed E-state index contributed by atoms with van der Waals surface area (Å²) in [5.74, 6) is -2.28. The van der Waals surface area contributed by atoms with Crippen LogP contribution in [0.3, 0.4) is 0 Å². The summed E-state index contributed by atoms with van der Waals surface area (Å²) in [4.78, 5) is 36.6. The molecular weight excluding hydrogens is 779 g/mol. The number of carbonyl (C=O) groups is 2. The molecule has 0 saturated carbocycles. The number of nitrogens with one attached hydrogen (secondary N) is 6. The van der Waals surface area contributed by atoms with E-state index in [1.165, 1.54) is 43.4 Å². The number of anilines is 5. The van der Waals surface area contributed by atoms with Crippen molar-refractivity contribution in [3.8, 4) is 0 Å². The minimum atomic E-state index is -1.04. The molecule has 4 aromatic carbocycles. The van der Waals surface area contributed by atoms with Crippen molar-refractivity contribution < 1.29 is 32.1 Å². The predicted molar refractivity (Wildman–Crippen MR) is 212 cm³/mol. The number of halogens is 6. The maximum atomic E-state index is 14.0. The molecule has 298 valence electrons. The Morgan fingerprint density at radius 1 is 0.750 bits per heavy atom. The number of hydrogen-bond acceptors (Lipinski definition) is 9. The van der Waals surface area contributed by atoms with E-state index in [1.807, 2.05) is 0 Å². The molecule has 2 aliphatic rings. The standard InChI is InChI=1S/C19H19ClF2N4O3.C19H21ClF2N4O/c1-23-17-8-12(16-6-10(21)4-5-24-16)13(9-18(17)26(28)29)19(27)25-11-2-3-15(22)14(20)7-11;1-24-18-9-12(17-6-10(21)4-5-25-17)13(8-16(18)23)19(27)26-11-2-3-15(22)14(20)7-11/h2-3,7-10,16,23-24H,4-6H2,1H3,(H,25,27);2-3,7-10,17,24-25H,4-6,23H2,1H3,(H,26,27). The molecule has 2 heterocycles. The first kappa shape index (κ1) is 42.0. The van der Waals surface area contributed by atoms with Crippen molar-refractivity contribution in [3.63, 3.8) is 0 Å². The fourth-order valence-electron chi connectivity index (χ4n) is 6.54. The number of nitrogen functional groups attached to an aromatic ring is 1. The van der Waals surface area contributed by atoms with Crippen LogP contribution in [-0.4, -0.2) is 56.3 Å². The van der Waals surface area contributed by atoms with Gasteiger partial charge in [0.2, 0.25) is 0 Å². The second-order valence-electron chi connectivity index (χ2n) is 13.2. The summed E-state index contributed by atoms with van der Waals surface area (Å²) in [6.07, 6.45) is -0.753. The number of nitro groups is 1. The van der Waals surface area contributed by atoms with Crippen LogP contribution in [0.15, 0.2) is 60.7 Å².